The number of hydrazine groups is 1. The fourth-order valence-corrected chi connectivity index (χ4v) is 1.29. The van der Waals surface area contributed by atoms with Crippen molar-refractivity contribution in [2.24, 2.45) is 0 Å². The van der Waals surface area contributed by atoms with Crippen molar-refractivity contribution < 1.29 is 4.79 Å². The molecule has 0 saturated carbocycles. The third-order valence-electron chi connectivity index (χ3n) is 2.17. The first-order valence-corrected chi connectivity index (χ1v) is 4.84. The Morgan fingerprint density at radius 1 is 1.40 bits per heavy atom. The van der Waals surface area contributed by atoms with Crippen molar-refractivity contribution >= 4 is 11.6 Å². The van der Waals surface area contributed by atoms with E-state index in [1.165, 1.54) is 0 Å². The average molecular weight is 204 g/mol. The molecule has 0 atom stereocenters. The van der Waals surface area contributed by atoms with Gasteiger partial charge in [-0.05, 0) is 12.1 Å². The molecule has 0 aliphatic rings. The summed E-state index contributed by atoms with van der Waals surface area (Å²) >= 11 is 0. The highest BCUT2D eigenvalue weighted by Crippen LogP contribution is 2.14. The second-order valence-corrected chi connectivity index (χ2v) is 3.25. The monoisotopic (exact) mass is 204 g/mol. The molecule has 0 heterocycles. The van der Waals surface area contributed by atoms with Gasteiger partial charge >= 0.3 is 0 Å². The number of amides is 1. The van der Waals surface area contributed by atoms with Gasteiger partial charge in [0.05, 0.1) is 12.2 Å². The molecule has 80 valence electrons. The van der Waals surface area contributed by atoms with Crippen LogP contribution in [-0.2, 0) is 4.79 Å². The fraction of sp³-hybridized carbons (Fsp3) is 0.250. The average Bonchev–Trinajstić information content (AvgIpc) is 2.26. The van der Waals surface area contributed by atoms with Gasteiger partial charge in [0.1, 0.15) is 0 Å². The van der Waals surface area contributed by atoms with E-state index >= 15 is 0 Å². The van der Waals surface area contributed by atoms with Gasteiger partial charge in [-0.2, -0.15) is 0 Å². The Kier molecular flexibility index (Phi) is 3.92. The third-order valence-corrected chi connectivity index (χ3v) is 2.17. The van der Waals surface area contributed by atoms with Gasteiger partial charge in [0.15, 0.2) is 0 Å². The lowest BCUT2D eigenvalue weighted by Gasteiger charge is -2.32. The number of hydrogen-bond acceptors (Lipinski definition) is 2. The maximum atomic E-state index is 11.3. The summed E-state index contributed by atoms with van der Waals surface area (Å²) in [6.45, 7) is 5.84. The Balaban J connectivity index is 2.92. The maximum Gasteiger partial charge on any atom is 0.237 e. The third kappa shape index (κ3) is 2.84. The van der Waals surface area contributed by atoms with Crippen molar-refractivity contribution in [3.05, 3.63) is 43.0 Å². The summed E-state index contributed by atoms with van der Waals surface area (Å²) < 4.78 is 0. The number of nitrogens with zero attached hydrogens (tertiary/aromatic N) is 2. The van der Waals surface area contributed by atoms with Gasteiger partial charge in [0.25, 0.3) is 0 Å². The van der Waals surface area contributed by atoms with E-state index in [9.17, 15) is 4.79 Å². The van der Waals surface area contributed by atoms with E-state index in [0.717, 1.165) is 5.69 Å². The van der Waals surface area contributed by atoms with Crippen molar-refractivity contribution in [3.63, 3.8) is 0 Å². The molecule has 0 spiro atoms. The van der Waals surface area contributed by atoms with Gasteiger partial charge in [-0.25, -0.2) is 0 Å². The van der Waals surface area contributed by atoms with E-state index in [-0.39, 0.29) is 5.91 Å². The summed E-state index contributed by atoms with van der Waals surface area (Å²) in [5.41, 5.74) is 0.982. The summed E-state index contributed by atoms with van der Waals surface area (Å²) in [6, 6.07) is 9.76. The van der Waals surface area contributed by atoms with Crippen LogP contribution < -0.4 is 5.01 Å². The first-order valence-electron chi connectivity index (χ1n) is 4.84. The number of carbonyl (C=O) groups is 1. The maximum absolute atomic E-state index is 11.3. The molecule has 1 amide bonds. The highest BCUT2D eigenvalue weighted by molar-refractivity contribution is 5.75. The Morgan fingerprint density at radius 2 is 2.00 bits per heavy atom. The van der Waals surface area contributed by atoms with Crippen LogP contribution in [0.25, 0.3) is 0 Å². The van der Waals surface area contributed by atoms with Crippen LogP contribution in [0, 0.1) is 0 Å². The van der Waals surface area contributed by atoms with Crippen molar-refractivity contribution in [1.82, 2.24) is 5.01 Å². The van der Waals surface area contributed by atoms with Crippen LogP contribution in [0.15, 0.2) is 43.0 Å². The Bertz CT molecular complexity index is 335. The molecule has 0 aliphatic carbocycles. The molecule has 1 rings (SSSR count). The van der Waals surface area contributed by atoms with Crippen LogP contribution >= 0.6 is 0 Å². The number of para-hydroxylation sites is 1. The summed E-state index contributed by atoms with van der Waals surface area (Å²) in [4.78, 5) is 11.3. The molecule has 1 aromatic rings. The quantitative estimate of drug-likeness (QED) is 0.553. The van der Waals surface area contributed by atoms with E-state index in [2.05, 4.69) is 6.58 Å². The molecule has 0 aromatic heterocycles. The molecule has 0 bridgehead atoms. The van der Waals surface area contributed by atoms with E-state index < -0.39 is 0 Å². The van der Waals surface area contributed by atoms with Crippen molar-refractivity contribution in [2.45, 2.75) is 6.92 Å². The predicted molar refractivity (Wildman–Crippen MR) is 62.4 cm³/mol. The standard InChI is InChI=1S/C12H16N2O/c1-4-10-14(13(3)11(2)15)12-8-6-5-7-9-12/h4-9H,1,10H2,2-3H3. The molecule has 0 N–H and O–H groups in total. The summed E-state index contributed by atoms with van der Waals surface area (Å²) in [7, 11) is 1.75. The topological polar surface area (TPSA) is 23.6 Å². The molecule has 3 heteroatoms. The summed E-state index contributed by atoms with van der Waals surface area (Å²) in [6.07, 6.45) is 1.77. The molecule has 0 fully saturated rings. The zero-order valence-corrected chi connectivity index (χ0v) is 9.18. The Morgan fingerprint density at radius 3 is 2.47 bits per heavy atom. The molecule has 1 aromatic carbocycles. The van der Waals surface area contributed by atoms with Gasteiger partial charge in [-0.15, -0.1) is 6.58 Å². The van der Waals surface area contributed by atoms with Crippen LogP contribution in [0.4, 0.5) is 5.69 Å². The Labute approximate surface area is 90.6 Å². The molecule has 0 radical (unpaired) electrons. The van der Waals surface area contributed by atoms with Gasteiger partial charge < -0.3 is 0 Å². The smallest absolute Gasteiger partial charge is 0.237 e. The highest BCUT2D eigenvalue weighted by atomic mass is 16.2. The van der Waals surface area contributed by atoms with Crippen molar-refractivity contribution in [3.8, 4) is 0 Å². The zero-order valence-electron chi connectivity index (χ0n) is 9.18. The molecular formula is C12H16N2O. The van der Waals surface area contributed by atoms with Crippen LogP contribution in [0.1, 0.15) is 6.92 Å². The van der Waals surface area contributed by atoms with E-state index in [0.29, 0.717) is 6.54 Å². The lowest BCUT2D eigenvalue weighted by atomic mass is 10.3. The molecule has 0 unspecified atom stereocenters. The number of benzene rings is 1. The second-order valence-electron chi connectivity index (χ2n) is 3.25. The normalized spacial score (nSPS) is 9.47. The van der Waals surface area contributed by atoms with E-state index in [1.807, 2.05) is 35.3 Å². The van der Waals surface area contributed by atoms with E-state index in [4.69, 9.17) is 0 Å². The first kappa shape index (κ1) is 11.3. The largest absolute Gasteiger partial charge is 0.279 e. The molecule has 0 saturated heterocycles. The van der Waals surface area contributed by atoms with Crippen LogP contribution in [0.3, 0.4) is 0 Å². The minimum absolute atomic E-state index is 0.000651. The number of rotatable bonds is 4. The van der Waals surface area contributed by atoms with Crippen molar-refractivity contribution in [2.75, 3.05) is 18.6 Å². The van der Waals surface area contributed by atoms with Gasteiger partial charge in [0.2, 0.25) is 5.91 Å². The molecule has 15 heavy (non-hydrogen) atoms. The van der Waals surface area contributed by atoms with E-state index in [1.54, 1.807) is 25.1 Å². The minimum atomic E-state index is 0.000651. The van der Waals surface area contributed by atoms with Crippen molar-refractivity contribution in [1.29, 1.82) is 0 Å². The minimum Gasteiger partial charge on any atom is -0.279 e. The van der Waals surface area contributed by atoms with Gasteiger partial charge in [-0.3, -0.25) is 14.8 Å². The number of anilines is 1. The van der Waals surface area contributed by atoms with Crippen LogP contribution in [0.5, 0.6) is 0 Å². The number of carbonyl (C=O) groups excluding carboxylic acids is 1. The molecule has 0 aliphatic heterocycles. The lowest BCUT2D eigenvalue weighted by molar-refractivity contribution is -0.128. The van der Waals surface area contributed by atoms with Gasteiger partial charge in [0, 0.05) is 14.0 Å². The molecule has 3 nitrogen and oxygen atoms in total. The van der Waals surface area contributed by atoms with Crippen LogP contribution in [0.2, 0.25) is 0 Å². The SMILES string of the molecule is C=CCN(c1ccccc1)N(C)C(C)=O. The summed E-state index contributed by atoms with van der Waals surface area (Å²) in [5.74, 6) is 0.000651. The Hall–Kier alpha value is -1.77. The van der Waals surface area contributed by atoms with Crippen LogP contribution in [-0.4, -0.2) is 24.5 Å². The lowest BCUT2D eigenvalue weighted by Crippen LogP contribution is -2.43. The first-order chi connectivity index (χ1) is 7.16. The fourth-order valence-electron chi connectivity index (χ4n) is 1.29. The second kappa shape index (κ2) is 5.20. The van der Waals surface area contributed by atoms with Gasteiger partial charge in [-0.1, -0.05) is 24.3 Å². The molecular weight excluding hydrogens is 188 g/mol. The summed E-state index contributed by atoms with van der Waals surface area (Å²) in [5, 5.41) is 3.45. The predicted octanol–water partition coefficient (Wildman–Crippen LogP) is 2.07. The highest BCUT2D eigenvalue weighted by Gasteiger charge is 2.12. The number of hydrogen-bond donors (Lipinski definition) is 0. The zero-order chi connectivity index (χ0) is 11.3.